The Kier molecular flexibility index (Phi) is 6.60. The first-order valence-electron chi connectivity index (χ1n) is 8.64. The molecule has 2 N–H and O–H groups in total. The van der Waals surface area contributed by atoms with Gasteiger partial charge in [0.15, 0.2) is 5.82 Å². The zero-order valence-electron chi connectivity index (χ0n) is 14.5. The van der Waals surface area contributed by atoms with E-state index in [2.05, 4.69) is 15.0 Å². The zero-order chi connectivity index (χ0) is 16.4. The molecule has 1 amide bonds. The summed E-state index contributed by atoms with van der Waals surface area (Å²) in [5.74, 6) is 2.27. The lowest BCUT2D eigenvalue weighted by atomic mass is 10.0. The van der Waals surface area contributed by atoms with E-state index in [1.54, 1.807) is 0 Å². The average molecular weight is 358 g/mol. The molecule has 2 heterocycles. The molecule has 136 valence electrons. The van der Waals surface area contributed by atoms with Gasteiger partial charge in [-0.05, 0) is 25.2 Å². The van der Waals surface area contributed by atoms with Crippen molar-refractivity contribution in [3.63, 3.8) is 0 Å². The van der Waals surface area contributed by atoms with Crippen LogP contribution in [0.15, 0.2) is 4.52 Å². The molecule has 0 bridgehead atoms. The van der Waals surface area contributed by atoms with Gasteiger partial charge in [-0.3, -0.25) is 9.69 Å². The summed E-state index contributed by atoms with van der Waals surface area (Å²) in [6, 6.07) is -0.403. The molecule has 1 saturated heterocycles. The van der Waals surface area contributed by atoms with Crippen LogP contribution >= 0.6 is 12.4 Å². The van der Waals surface area contributed by atoms with Gasteiger partial charge in [0.25, 0.3) is 0 Å². The van der Waals surface area contributed by atoms with Crippen LogP contribution in [0.3, 0.4) is 0 Å². The van der Waals surface area contributed by atoms with E-state index in [4.69, 9.17) is 10.3 Å². The van der Waals surface area contributed by atoms with Gasteiger partial charge in [0.2, 0.25) is 11.8 Å². The molecule has 1 aromatic rings. The lowest BCUT2D eigenvalue weighted by Crippen LogP contribution is -2.47. The molecular formula is C16H28ClN5O2. The first-order chi connectivity index (χ1) is 11.0. The maximum absolute atomic E-state index is 12.4. The summed E-state index contributed by atoms with van der Waals surface area (Å²) in [5.41, 5.74) is 6.00. The standard InChI is InChI=1S/C16H27N5O2.ClH/c1-11(2)14(17)16(22)21-7-3-6-20(8-9-21)10-13-18-15(23-19-13)12-4-5-12;/h11-12,14H,3-10,17H2,1-2H3;1H/t14-;/m0./s1. The molecule has 7 nitrogen and oxygen atoms in total. The van der Waals surface area contributed by atoms with Gasteiger partial charge in [-0.25, -0.2) is 0 Å². The van der Waals surface area contributed by atoms with E-state index >= 15 is 0 Å². The van der Waals surface area contributed by atoms with E-state index < -0.39 is 6.04 Å². The van der Waals surface area contributed by atoms with Crippen molar-refractivity contribution in [3.05, 3.63) is 11.7 Å². The molecule has 1 aliphatic heterocycles. The monoisotopic (exact) mass is 357 g/mol. The number of carbonyl (C=O) groups excluding carboxylic acids is 1. The summed E-state index contributed by atoms with van der Waals surface area (Å²) in [4.78, 5) is 21.1. The summed E-state index contributed by atoms with van der Waals surface area (Å²) in [6.07, 6.45) is 3.28. The van der Waals surface area contributed by atoms with Crippen LogP contribution in [-0.2, 0) is 11.3 Å². The van der Waals surface area contributed by atoms with Crippen molar-refractivity contribution in [1.82, 2.24) is 19.9 Å². The van der Waals surface area contributed by atoms with Crippen LogP contribution < -0.4 is 5.73 Å². The lowest BCUT2D eigenvalue weighted by Gasteiger charge is -2.26. The van der Waals surface area contributed by atoms with Crippen LogP contribution in [0.1, 0.15) is 50.7 Å². The van der Waals surface area contributed by atoms with Crippen LogP contribution in [0, 0.1) is 5.92 Å². The number of aromatic nitrogens is 2. The molecule has 0 spiro atoms. The molecule has 2 aliphatic rings. The molecule has 0 aromatic carbocycles. The number of carbonyl (C=O) groups is 1. The molecular weight excluding hydrogens is 330 g/mol. The predicted octanol–water partition coefficient (Wildman–Crippen LogP) is 1.39. The minimum Gasteiger partial charge on any atom is -0.340 e. The fourth-order valence-corrected chi connectivity index (χ4v) is 2.87. The second kappa shape index (κ2) is 8.27. The van der Waals surface area contributed by atoms with E-state index in [9.17, 15) is 4.79 Å². The van der Waals surface area contributed by atoms with Crippen LogP contribution in [-0.4, -0.2) is 58.1 Å². The number of halogens is 1. The highest BCUT2D eigenvalue weighted by Crippen LogP contribution is 2.38. The third-order valence-corrected chi connectivity index (χ3v) is 4.68. The largest absolute Gasteiger partial charge is 0.340 e. The fourth-order valence-electron chi connectivity index (χ4n) is 2.87. The highest BCUT2D eigenvalue weighted by Gasteiger charge is 2.30. The van der Waals surface area contributed by atoms with Gasteiger partial charge >= 0.3 is 0 Å². The topological polar surface area (TPSA) is 88.5 Å². The first kappa shape index (κ1) is 19.1. The molecule has 1 saturated carbocycles. The molecule has 1 aromatic heterocycles. The van der Waals surface area contributed by atoms with Crippen molar-refractivity contribution in [2.24, 2.45) is 11.7 Å². The number of nitrogens with zero attached hydrogens (tertiary/aromatic N) is 4. The van der Waals surface area contributed by atoms with Crippen molar-refractivity contribution >= 4 is 18.3 Å². The Bertz CT molecular complexity index is 546. The van der Waals surface area contributed by atoms with Crippen LogP contribution in [0.5, 0.6) is 0 Å². The number of hydrogen-bond acceptors (Lipinski definition) is 6. The summed E-state index contributed by atoms with van der Waals surface area (Å²) in [5, 5.41) is 4.08. The van der Waals surface area contributed by atoms with Crippen LogP contribution in [0.4, 0.5) is 0 Å². The predicted molar refractivity (Wildman–Crippen MR) is 92.8 cm³/mol. The van der Waals surface area contributed by atoms with Gasteiger partial charge in [0.1, 0.15) is 0 Å². The Hall–Kier alpha value is -1.18. The summed E-state index contributed by atoms with van der Waals surface area (Å²) >= 11 is 0. The van der Waals surface area contributed by atoms with Gasteiger partial charge in [-0.2, -0.15) is 4.98 Å². The van der Waals surface area contributed by atoms with E-state index in [0.717, 1.165) is 37.8 Å². The summed E-state index contributed by atoms with van der Waals surface area (Å²) in [6.45, 7) is 7.91. The molecule has 0 radical (unpaired) electrons. The number of rotatable bonds is 5. The molecule has 1 atom stereocenters. The van der Waals surface area contributed by atoms with Crippen molar-refractivity contribution in [1.29, 1.82) is 0 Å². The van der Waals surface area contributed by atoms with Gasteiger partial charge in [0, 0.05) is 32.1 Å². The second-order valence-electron chi connectivity index (χ2n) is 7.05. The Balaban J connectivity index is 0.00000208. The van der Waals surface area contributed by atoms with E-state index in [1.165, 1.54) is 12.8 Å². The third kappa shape index (κ3) is 4.68. The second-order valence-corrected chi connectivity index (χ2v) is 7.05. The van der Waals surface area contributed by atoms with Crippen molar-refractivity contribution in [2.75, 3.05) is 26.2 Å². The lowest BCUT2D eigenvalue weighted by molar-refractivity contribution is -0.133. The van der Waals surface area contributed by atoms with Crippen molar-refractivity contribution < 1.29 is 9.32 Å². The van der Waals surface area contributed by atoms with E-state index in [0.29, 0.717) is 19.0 Å². The van der Waals surface area contributed by atoms with Gasteiger partial charge in [-0.15, -0.1) is 12.4 Å². The average Bonchev–Trinajstić information content (AvgIpc) is 3.31. The number of nitrogens with two attached hydrogens (primary N) is 1. The first-order valence-corrected chi connectivity index (χ1v) is 8.64. The maximum Gasteiger partial charge on any atom is 0.239 e. The normalized spacial score (nSPS) is 20.6. The minimum atomic E-state index is -0.403. The summed E-state index contributed by atoms with van der Waals surface area (Å²) in [7, 11) is 0. The summed E-state index contributed by atoms with van der Waals surface area (Å²) < 4.78 is 5.31. The van der Waals surface area contributed by atoms with Gasteiger partial charge < -0.3 is 15.2 Å². The van der Waals surface area contributed by atoms with Gasteiger partial charge in [0.05, 0.1) is 12.6 Å². The van der Waals surface area contributed by atoms with Gasteiger partial charge in [-0.1, -0.05) is 19.0 Å². The Morgan fingerprint density at radius 2 is 2.04 bits per heavy atom. The molecule has 0 unspecified atom stereocenters. The highest BCUT2D eigenvalue weighted by molar-refractivity contribution is 5.85. The third-order valence-electron chi connectivity index (χ3n) is 4.68. The van der Waals surface area contributed by atoms with Crippen LogP contribution in [0.2, 0.25) is 0 Å². The molecule has 1 aliphatic carbocycles. The highest BCUT2D eigenvalue weighted by atomic mass is 35.5. The minimum absolute atomic E-state index is 0. The maximum atomic E-state index is 12.4. The molecule has 8 heteroatoms. The number of amides is 1. The molecule has 24 heavy (non-hydrogen) atoms. The number of hydrogen-bond donors (Lipinski definition) is 1. The smallest absolute Gasteiger partial charge is 0.239 e. The zero-order valence-corrected chi connectivity index (χ0v) is 15.3. The molecule has 3 rings (SSSR count). The molecule has 2 fully saturated rings. The van der Waals surface area contributed by atoms with Crippen molar-refractivity contribution in [2.45, 2.75) is 51.6 Å². The Morgan fingerprint density at radius 1 is 1.29 bits per heavy atom. The quantitative estimate of drug-likeness (QED) is 0.856. The Labute approximate surface area is 149 Å². The SMILES string of the molecule is CC(C)[C@H](N)C(=O)N1CCCN(Cc2noc(C3CC3)n2)CC1.Cl. The van der Waals surface area contributed by atoms with Crippen molar-refractivity contribution in [3.8, 4) is 0 Å². The fraction of sp³-hybridized carbons (Fsp3) is 0.812. The van der Waals surface area contributed by atoms with E-state index in [-0.39, 0.29) is 24.2 Å². The Morgan fingerprint density at radius 3 is 2.71 bits per heavy atom. The van der Waals surface area contributed by atoms with E-state index in [1.807, 2.05) is 18.7 Å². The van der Waals surface area contributed by atoms with Crippen LogP contribution in [0.25, 0.3) is 0 Å².